The predicted octanol–water partition coefficient (Wildman–Crippen LogP) is 1.31. The van der Waals surface area contributed by atoms with E-state index in [2.05, 4.69) is 5.32 Å². The number of amides is 1. The van der Waals surface area contributed by atoms with Gasteiger partial charge in [-0.1, -0.05) is 0 Å². The van der Waals surface area contributed by atoms with Gasteiger partial charge in [-0.25, -0.2) is 0 Å². The highest BCUT2D eigenvalue weighted by atomic mass is 16.5. The Hall–Kier alpha value is -1.75. The molecule has 0 aliphatic rings. The second-order valence-electron chi connectivity index (χ2n) is 5.59. The van der Waals surface area contributed by atoms with Crippen molar-refractivity contribution in [1.82, 2.24) is 5.32 Å². The Morgan fingerprint density at radius 2 is 1.79 bits per heavy atom. The number of anilines is 1. The number of aliphatic hydroxyl groups is 1. The van der Waals surface area contributed by atoms with E-state index in [1.165, 1.54) is 0 Å². The maximum Gasteiger partial charge on any atom is 0.258 e. The van der Waals surface area contributed by atoms with Gasteiger partial charge in [-0.3, -0.25) is 4.79 Å². The zero-order chi connectivity index (χ0) is 14.7. The number of hydrogen-bond donors (Lipinski definition) is 3. The lowest BCUT2D eigenvalue weighted by Gasteiger charge is -2.37. The first-order valence-electron chi connectivity index (χ1n) is 6.13. The molecule has 1 aromatic rings. The third kappa shape index (κ3) is 4.44. The molecule has 5 nitrogen and oxygen atoms in total. The molecular weight excluding hydrogens is 244 g/mol. The molecule has 0 spiro atoms. The standard InChI is InChI=1S/C14H22N2O3/c1-13(2,14(3,4)18)16-12(17)9-19-11-7-5-10(15)6-8-11/h5-8,18H,9,15H2,1-4H3,(H,16,17). The summed E-state index contributed by atoms with van der Waals surface area (Å²) in [6.07, 6.45) is 0. The van der Waals surface area contributed by atoms with Gasteiger partial charge in [-0.05, 0) is 52.0 Å². The molecule has 0 bridgehead atoms. The van der Waals surface area contributed by atoms with Crippen LogP contribution < -0.4 is 15.8 Å². The van der Waals surface area contributed by atoms with Crippen LogP contribution in [-0.2, 0) is 4.79 Å². The maximum atomic E-state index is 11.8. The van der Waals surface area contributed by atoms with Crippen LogP contribution in [0.5, 0.6) is 5.75 Å². The van der Waals surface area contributed by atoms with Crippen LogP contribution in [0.15, 0.2) is 24.3 Å². The molecule has 0 aliphatic heterocycles. The normalized spacial score (nSPS) is 12.1. The topological polar surface area (TPSA) is 84.6 Å². The second-order valence-corrected chi connectivity index (χ2v) is 5.59. The molecule has 0 radical (unpaired) electrons. The average molecular weight is 266 g/mol. The van der Waals surface area contributed by atoms with Crippen LogP contribution in [0.2, 0.25) is 0 Å². The number of nitrogen functional groups attached to an aromatic ring is 1. The summed E-state index contributed by atoms with van der Waals surface area (Å²) in [5.41, 5.74) is 4.42. The third-order valence-electron chi connectivity index (χ3n) is 3.23. The highest BCUT2D eigenvalue weighted by Crippen LogP contribution is 2.20. The van der Waals surface area contributed by atoms with Crippen LogP contribution in [0.4, 0.5) is 5.69 Å². The molecule has 4 N–H and O–H groups in total. The molecule has 0 saturated heterocycles. The van der Waals surface area contributed by atoms with Crippen LogP contribution in [-0.4, -0.2) is 28.8 Å². The molecule has 0 fully saturated rings. The van der Waals surface area contributed by atoms with Crippen LogP contribution in [0, 0.1) is 0 Å². The van der Waals surface area contributed by atoms with Crippen molar-refractivity contribution in [2.75, 3.05) is 12.3 Å². The molecule has 1 rings (SSSR count). The van der Waals surface area contributed by atoms with Crippen molar-refractivity contribution in [2.45, 2.75) is 38.8 Å². The second kappa shape index (κ2) is 5.48. The minimum atomic E-state index is -1.02. The quantitative estimate of drug-likeness (QED) is 0.702. The number of nitrogens with two attached hydrogens (primary N) is 1. The zero-order valence-corrected chi connectivity index (χ0v) is 11.9. The summed E-state index contributed by atoms with van der Waals surface area (Å²) in [7, 11) is 0. The fourth-order valence-corrected chi connectivity index (χ4v) is 1.25. The SMILES string of the molecule is CC(C)(O)C(C)(C)NC(=O)COc1ccc(N)cc1. The van der Waals surface area contributed by atoms with E-state index in [1.54, 1.807) is 52.0 Å². The van der Waals surface area contributed by atoms with Gasteiger partial charge >= 0.3 is 0 Å². The molecular formula is C14H22N2O3. The highest BCUT2D eigenvalue weighted by molar-refractivity contribution is 5.78. The smallest absolute Gasteiger partial charge is 0.258 e. The Morgan fingerprint density at radius 1 is 1.26 bits per heavy atom. The summed E-state index contributed by atoms with van der Waals surface area (Å²) in [5.74, 6) is 0.286. The van der Waals surface area contributed by atoms with E-state index in [4.69, 9.17) is 10.5 Å². The van der Waals surface area contributed by atoms with E-state index in [1.807, 2.05) is 0 Å². The first kappa shape index (κ1) is 15.3. The lowest BCUT2D eigenvalue weighted by Crippen LogP contribution is -2.58. The van der Waals surface area contributed by atoms with Crippen molar-refractivity contribution in [3.05, 3.63) is 24.3 Å². The Morgan fingerprint density at radius 3 is 2.26 bits per heavy atom. The fraction of sp³-hybridized carbons (Fsp3) is 0.500. The highest BCUT2D eigenvalue weighted by Gasteiger charge is 2.36. The van der Waals surface area contributed by atoms with Gasteiger partial charge in [-0.15, -0.1) is 0 Å². The summed E-state index contributed by atoms with van der Waals surface area (Å²) < 4.78 is 5.33. The fourth-order valence-electron chi connectivity index (χ4n) is 1.25. The number of nitrogens with one attached hydrogen (secondary N) is 1. The molecule has 5 heteroatoms. The minimum absolute atomic E-state index is 0.108. The number of benzene rings is 1. The molecule has 0 aromatic heterocycles. The molecule has 106 valence electrons. The van der Waals surface area contributed by atoms with Crippen molar-refractivity contribution in [1.29, 1.82) is 0 Å². The maximum absolute atomic E-state index is 11.8. The van der Waals surface area contributed by atoms with Crippen LogP contribution >= 0.6 is 0 Å². The first-order chi connectivity index (χ1) is 8.62. The van der Waals surface area contributed by atoms with Gasteiger partial charge in [0.25, 0.3) is 5.91 Å². The van der Waals surface area contributed by atoms with E-state index < -0.39 is 11.1 Å². The van der Waals surface area contributed by atoms with Gasteiger partial charge in [0.15, 0.2) is 6.61 Å². The van der Waals surface area contributed by atoms with Crippen molar-refractivity contribution in [2.24, 2.45) is 0 Å². The lowest BCUT2D eigenvalue weighted by atomic mass is 9.86. The van der Waals surface area contributed by atoms with E-state index in [-0.39, 0.29) is 12.5 Å². The summed E-state index contributed by atoms with van der Waals surface area (Å²) in [6.45, 7) is 6.70. The predicted molar refractivity (Wildman–Crippen MR) is 74.9 cm³/mol. The number of hydrogen-bond acceptors (Lipinski definition) is 4. The summed E-state index contributed by atoms with van der Waals surface area (Å²) in [5, 5.41) is 12.7. The Labute approximate surface area is 113 Å². The molecule has 19 heavy (non-hydrogen) atoms. The molecule has 1 amide bonds. The van der Waals surface area contributed by atoms with E-state index in [0.717, 1.165) is 0 Å². The first-order valence-corrected chi connectivity index (χ1v) is 6.13. The Balaban J connectivity index is 2.51. The Kier molecular flexibility index (Phi) is 4.42. The van der Waals surface area contributed by atoms with Crippen LogP contribution in [0.1, 0.15) is 27.7 Å². The van der Waals surface area contributed by atoms with Gasteiger partial charge in [0.05, 0.1) is 11.1 Å². The number of carbonyl (C=O) groups excluding carboxylic acids is 1. The van der Waals surface area contributed by atoms with Gasteiger partial charge in [0.1, 0.15) is 5.75 Å². The van der Waals surface area contributed by atoms with E-state index >= 15 is 0 Å². The largest absolute Gasteiger partial charge is 0.484 e. The van der Waals surface area contributed by atoms with Gasteiger partial charge in [-0.2, -0.15) is 0 Å². The van der Waals surface area contributed by atoms with E-state index in [9.17, 15) is 9.90 Å². The number of rotatable bonds is 5. The van der Waals surface area contributed by atoms with Gasteiger partial charge in [0, 0.05) is 5.69 Å². The lowest BCUT2D eigenvalue weighted by molar-refractivity contribution is -0.128. The molecule has 0 aliphatic carbocycles. The van der Waals surface area contributed by atoms with Crippen LogP contribution in [0.3, 0.4) is 0 Å². The molecule has 0 unspecified atom stereocenters. The van der Waals surface area contributed by atoms with Crippen LogP contribution in [0.25, 0.3) is 0 Å². The van der Waals surface area contributed by atoms with Crippen molar-refractivity contribution < 1.29 is 14.6 Å². The zero-order valence-electron chi connectivity index (χ0n) is 11.9. The van der Waals surface area contributed by atoms with Crippen molar-refractivity contribution in [3.8, 4) is 5.75 Å². The molecule has 0 heterocycles. The third-order valence-corrected chi connectivity index (χ3v) is 3.23. The van der Waals surface area contributed by atoms with E-state index in [0.29, 0.717) is 11.4 Å². The average Bonchev–Trinajstić information content (AvgIpc) is 2.26. The summed E-state index contributed by atoms with van der Waals surface area (Å²) in [4.78, 5) is 11.8. The molecule has 0 saturated carbocycles. The van der Waals surface area contributed by atoms with Crippen molar-refractivity contribution in [3.63, 3.8) is 0 Å². The van der Waals surface area contributed by atoms with Gasteiger partial charge in [0.2, 0.25) is 0 Å². The Bertz CT molecular complexity index is 433. The minimum Gasteiger partial charge on any atom is -0.484 e. The summed E-state index contributed by atoms with van der Waals surface area (Å²) in [6, 6.07) is 6.80. The molecule has 1 aromatic carbocycles. The van der Waals surface area contributed by atoms with Gasteiger partial charge < -0.3 is 20.9 Å². The van der Waals surface area contributed by atoms with Crippen molar-refractivity contribution >= 4 is 11.6 Å². The number of carbonyl (C=O) groups is 1. The monoisotopic (exact) mass is 266 g/mol. The number of ether oxygens (including phenoxy) is 1. The molecule has 0 atom stereocenters. The summed E-state index contributed by atoms with van der Waals surface area (Å²) >= 11 is 0.